The van der Waals surface area contributed by atoms with Crippen LogP contribution in [0.4, 0.5) is 5.69 Å². The first kappa shape index (κ1) is 11.6. The molecule has 0 fully saturated rings. The third kappa shape index (κ3) is 3.62. The van der Waals surface area contributed by atoms with E-state index < -0.39 is 5.97 Å². The van der Waals surface area contributed by atoms with Crippen LogP contribution in [-0.4, -0.2) is 17.6 Å². The number of hydrogen-bond acceptors (Lipinski definition) is 2. The van der Waals surface area contributed by atoms with Crippen LogP contribution in [-0.2, 0) is 11.2 Å². The van der Waals surface area contributed by atoms with Gasteiger partial charge in [0.1, 0.15) is 0 Å². The lowest BCUT2D eigenvalue weighted by Gasteiger charge is -2.10. The van der Waals surface area contributed by atoms with E-state index in [0.717, 1.165) is 29.8 Å². The van der Waals surface area contributed by atoms with E-state index in [1.807, 2.05) is 25.1 Å². The number of rotatable bonds is 5. The van der Waals surface area contributed by atoms with Crippen molar-refractivity contribution in [2.45, 2.75) is 26.7 Å². The van der Waals surface area contributed by atoms with Gasteiger partial charge in [0.2, 0.25) is 0 Å². The van der Waals surface area contributed by atoms with Crippen LogP contribution < -0.4 is 5.32 Å². The van der Waals surface area contributed by atoms with Crippen molar-refractivity contribution >= 4 is 11.7 Å². The van der Waals surface area contributed by atoms with Gasteiger partial charge in [0, 0.05) is 12.2 Å². The number of benzene rings is 1. The molecular weight excluding hydrogens is 190 g/mol. The minimum Gasteiger partial charge on any atom is -0.481 e. The number of aliphatic carboxylic acids is 1. The summed E-state index contributed by atoms with van der Waals surface area (Å²) in [6, 6.07) is 5.86. The maximum absolute atomic E-state index is 10.7. The summed E-state index contributed by atoms with van der Waals surface area (Å²) in [4.78, 5) is 10.7. The van der Waals surface area contributed by atoms with E-state index in [0.29, 0.717) is 0 Å². The topological polar surface area (TPSA) is 49.3 Å². The first-order valence-electron chi connectivity index (χ1n) is 5.18. The van der Waals surface area contributed by atoms with E-state index in [1.165, 1.54) is 0 Å². The zero-order chi connectivity index (χ0) is 11.3. The fraction of sp³-hybridized carbons (Fsp3) is 0.417. The van der Waals surface area contributed by atoms with Gasteiger partial charge in [-0.1, -0.05) is 24.6 Å². The average molecular weight is 207 g/mol. The highest BCUT2D eigenvalue weighted by Crippen LogP contribution is 2.18. The molecule has 2 N–H and O–H groups in total. The van der Waals surface area contributed by atoms with Crippen LogP contribution in [0.25, 0.3) is 0 Å². The van der Waals surface area contributed by atoms with Crippen molar-refractivity contribution in [1.29, 1.82) is 0 Å². The summed E-state index contributed by atoms with van der Waals surface area (Å²) in [7, 11) is 0. The molecule has 1 aromatic rings. The highest BCUT2D eigenvalue weighted by Gasteiger charge is 2.06. The summed E-state index contributed by atoms with van der Waals surface area (Å²) in [6.07, 6.45) is 1.11. The Morgan fingerprint density at radius 2 is 2.20 bits per heavy atom. The highest BCUT2D eigenvalue weighted by atomic mass is 16.4. The molecule has 82 valence electrons. The molecule has 0 heterocycles. The molecule has 0 unspecified atom stereocenters. The fourth-order valence-electron chi connectivity index (χ4n) is 1.46. The van der Waals surface area contributed by atoms with Crippen molar-refractivity contribution in [2.75, 3.05) is 11.9 Å². The maximum atomic E-state index is 10.7. The van der Waals surface area contributed by atoms with Crippen LogP contribution in [0, 0.1) is 6.92 Å². The van der Waals surface area contributed by atoms with E-state index in [2.05, 4.69) is 12.2 Å². The van der Waals surface area contributed by atoms with Crippen LogP contribution in [0.1, 0.15) is 24.5 Å². The molecule has 0 saturated heterocycles. The van der Waals surface area contributed by atoms with E-state index >= 15 is 0 Å². The van der Waals surface area contributed by atoms with Crippen LogP contribution in [0.2, 0.25) is 0 Å². The molecule has 0 aromatic heterocycles. The van der Waals surface area contributed by atoms with Crippen molar-refractivity contribution < 1.29 is 9.90 Å². The molecule has 0 bridgehead atoms. The normalized spacial score (nSPS) is 10.0. The zero-order valence-electron chi connectivity index (χ0n) is 9.21. The molecule has 15 heavy (non-hydrogen) atoms. The molecule has 1 rings (SSSR count). The van der Waals surface area contributed by atoms with E-state index in [9.17, 15) is 4.79 Å². The predicted molar refractivity (Wildman–Crippen MR) is 61.3 cm³/mol. The molecule has 3 heteroatoms. The Balaban J connectivity index is 2.87. The minimum absolute atomic E-state index is 0.0771. The second-order valence-electron chi connectivity index (χ2n) is 3.66. The molecule has 0 aliphatic heterocycles. The average Bonchev–Trinajstić information content (AvgIpc) is 2.16. The SMILES string of the molecule is CCCNc1ccc(C)cc1CC(=O)O. The second kappa shape index (κ2) is 5.39. The second-order valence-corrected chi connectivity index (χ2v) is 3.66. The van der Waals surface area contributed by atoms with Gasteiger partial charge in [0.05, 0.1) is 6.42 Å². The number of nitrogens with one attached hydrogen (secondary N) is 1. The molecule has 1 aromatic carbocycles. The predicted octanol–water partition coefficient (Wildman–Crippen LogP) is 2.44. The summed E-state index contributed by atoms with van der Waals surface area (Å²) in [5.74, 6) is -0.792. The Bertz CT molecular complexity index is 347. The Kier molecular flexibility index (Phi) is 4.16. The summed E-state index contributed by atoms with van der Waals surface area (Å²) in [6.45, 7) is 4.92. The fourth-order valence-corrected chi connectivity index (χ4v) is 1.46. The number of carboxylic acid groups (broad SMARTS) is 1. The van der Waals surface area contributed by atoms with Crippen LogP contribution in [0.3, 0.4) is 0 Å². The molecule has 0 aliphatic carbocycles. The van der Waals surface area contributed by atoms with Gasteiger partial charge in [0.25, 0.3) is 0 Å². The summed E-state index contributed by atoms with van der Waals surface area (Å²) in [5.41, 5.74) is 2.88. The Hall–Kier alpha value is -1.51. The van der Waals surface area contributed by atoms with Crippen molar-refractivity contribution in [3.8, 4) is 0 Å². The van der Waals surface area contributed by atoms with Gasteiger partial charge in [-0.2, -0.15) is 0 Å². The smallest absolute Gasteiger partial charge is 0.307 e. The van der Waals surface area contributed by atoms with Crippen molar-refractivity contribution in [1.82, 2.24) is 0 Å². The number of aryl methyl sites for hydroxylation is 1. The zero-order valence-corrected chi connectivity index (χ0v) is 9.21. The number of hydrogen-bond donors (Lipinski definition) is 2. The van der Waals surface area contributed by atoms with Gasteiger partial charge >= 0.3 is 5.97 Å². The minimum atomic E-state index is -0.792. The van der Waals surface area contributed by atoms with Gasteiger partial charge in [-0.15, -0.1) is 0 Å². The van der Waals surface area contributed by atoms with E-state index in [-0.39, 0.29) is 6.42 Å². The lowest BCUT2D eigenvalue weighted by Crippen LogP contribution is -2.07. The van der Waals surface area contributed by atoms with Gasteiger partial charge in [-0.3, -0.25) is 4.79 Å². The Morgan fingerprint density at radius 1 is 1.47 bits per heavy atom. The standard InChI is InChI=1S/C12H17NO2/c1-3-6-13-11-5-4-9(2)7-10(11)8-12(14)15/h4-5,7,13H,3,6,8H2,1-2H3,(H,14,15). The van der Waals surface area contributed by atoms with E-state index in [1.54, 1.807) is 0 Å². The van der Waals surface area contributed by atoms with E-state index in [4.69, 9.17) is 5.11 Å². The molecule has 0 saturated carbocycles. The lowest BCUT2D eigenvalue weighted by molar-refractivity contribution is -0.136. The molecule has 0 radical (unpaired) electrons. The summed E-state index contributed by atoms with van der Waals surface area (Å²) >= 11 is 0. The van der Waals surface area contributed by atoms with Crippen LogP contribution >= 0.6 is 0 Å². The highest BCUT2D eigenvalue weighted by molar-refractivity contribution is 5.73. The molecule has 3 nitrogen and oxygen atoms in total. The monoisotopic (exact) mass is 207 g/mol. The number of carboxylic acids is 1. The molecule has 0 aliphatic rings. The molecule has 0 atom stereocenters. The first-order valence-corrected chi connectivity index (χ1v) is 5.18. The Morgan fingerprint density at radius 3 is 2.80 bits per heavy atom. The van der Waals surface area contributed by atoms with Crippen molar-refractivity contribution in [3.05, 3.63) is 29.3 Å². The van der Waals surface area contributed by atoms with Gasteiger partial charge < -0.3 is 10.4 Å². The van der Waals surface area contributed by atoms with Crippen LogP contribution in [0.15, 0.2) is 18.2 Å². The molecule has 0 amide bonds. The third-order valence-electron chi connectivity index (χ3n) is 2.17. The summed E-state index contributed by atoms with van der Waals surface area (Å²) < 4.78 is 0. The molecular formula is C12H17NO2. The molecule has 0 spiro atoms. The van der Waals surface area contributed by atoms with Crippen LogP contribution in [0.5, 0.6) is 0 Å². The Labute approximate surface area is 90.1 Å². The number of anilines is 1. The maximum Gasteiger partial charge on any atom is 0.307 e. The number of carbonyl (C=O) groups is 1. The van der Waals surface area contributed by atoms with Gasteiger partial charge in [-0.25, -0.2) is 0 Å². The van der Waals surface area contributed by atoms with Crippen molar-refractivity contribution in [2.24, 2.45) is 0 Å². The first-order chi connectivity index (χ1) is 7.13. The van der Waals surface area contributed by atoms with Gasteiger partial charge in [-0.05, 0) is 25.0 Å². The lowest BCUT2D eigenvalue weighted by atomic mass is 10.1. The third-order valence-corrected chi connectivity index (χ3v) is 2.17. The quantitative estimate of drug-likeness (QED) is 0.779. The van der Waals surface area contributed by atoms with Crippen molar-refractivity contribution in [3.63, 3.8) is 0 Å². The largest absolute Gasteiger partial charge is 0.481 e. The van der Waals surface area contributed by atoms with Gasteiger partial charge in [0.15, 0.2) is 0 Å². The summed E-state index contributed by atoms with van der Waals surface area (Å²) in [5, 5.41) is 12.0.